The molecule has 270 valence electrons. The first-order chi connectivity index (χ1) is 26.0. The molecule has 8 atom stereocenters. The summed E-state index contributed by atoms with van der Waals surface area (Å²) in [7, 11) is -9.64. The highest BCUT2D eigenvalue weighted by Gasteiger charge is 2.54. The average Bonchev–Trinajstić information content (AvgIpc) is 4.02. The van der Waals surface area contributed by atoms with Crippen molar-refractivity contribution in [3.63, 3.8) is 0 Å². The van der Waals surface area contributed by atoms with E-state index in [0.29, 0.717) is 23.7 Å². The predicted octanol–water partition coefficient (Wildman–Crippen LogP) is 8.83. The summed E-state index contributed by atoms with van der Waals surface area (Å²) in [5, 5.41) is 0. The van der Waals surface area contributed by atoms with Gasteiger partial charge in [-0.05, 0) is 126 Å². The molecule has 0 saturated heterocycles. The maximum Gasteiger partial charge on any atom is 0.469 e. The van der Waals surface area contributed by atoms with E-state index < -0.39 is 15.6 Å². The van der Waals surface area contributed by atoms with Gasteiger partial charge in [-0.15, -0.1) is 0 Å². The van der Waals surface area contributed by atoms with E-state index >= 15 is 0 Å². The summed E-state index contributed by atoms with van der Waals surface area (Å²) in [6.45, 7) is -0.449. The van der Waals surface area contributed by atoms with Crippen molar-refractivity contribution in [3.8, 4) is 0 Å². The van der Waals surface area contributed by atoms with Gasteiger partial charge in [0, 0.05) is 47.3 Å². The fourth-order valence-corrected chi connectivity index (χ4v) is 14.0. The lowest BCUT2D eigenvalue weighted by Gasteiger charge is -2.34. The van der Waals surface area contributed by atoms with E-state index in [2.05, 4.69) is 72.8 Å². The van der Waals surface area contributed by atoms with Crippen LogP contribution >= 0.6 is 15.6 Å². The summed E-state index contributed by atoms with van der Waals surface area (Å²) in [5.41, 5.74) is 22.1. The van der Waals surface area contributed by atoms with Gasteiger partial charge in [-0.25, -0.2) is 9.13 Å². The van der Waals surface area contributed by atoms with Crippen molar-refractivity contribution < 1.29 is 37.8 Å². The molecule has 8 aliphatic carbocycles. The van der Waals surface area contributed by atoms with Crippen molar-refractivity contribution in [2.24, 2.45) is 0 Å². The number of fused-ring (bicyclic) bond motifs is 32. The standard InChI is InChI=1S/C44H36O8P2/c45-53(46,47)51-17-39-41-35-15-36(32-12-28-24-9-23(27(28)11-31(32)35)19-5-1-2-6-20(19)24)42(41)40(18-52-54(48,49)50)44-38-16-37(43(39)44)33-13-29-25-10-26(30(29)14-34(33)38)22-8-4-3-7-21(22)25/h1-8,11-14,23-26,35-38H,9-10,15-18H2,(H2,45,46,47)(H2,48,49,50). The molecule has 0 aliphatic heterocycles. The van der Waals surface area contributed by atoms with E-state index in [9.17, 15) is 28.7 Å². The topological polar surface area (TPSA) is 134 Å². The summed E-state index contributed by atoms with van der Waals surface area (Å²) in [6.07, 6.45) is 3.77. The second kappa shape index (κ2) is 10.2. The highest BCUT2D eigenvalue weighted by molar-refractivity contribution is 7.46. The normalized spacial score (nSPS) is 28.5. The van der Waals surface area contributed by atoms with Crippen LogP contribution in [0.4, 0.5) is 0 Å². The lowest BCUT2D eigenvalue weighted by atomic mass is 9.71. The maximum atomic E-state index is 12.4. The third-order valence-electron chi connectivity index (χ3n) is 15.0. The molecule has 8 aliphatic rings. The first-order valence-electron chi connectivity index (χ1n) is 19.2. The van der Waals surface area contributed by atoms with Crippen molar-refractivity contribution in [2.45, 2.75) is 86.2 Å². The minimum Gasteiger partial charge on any atom is -0.303 e. The molecule has 8 unspecified atom stereocenters. The Labute approximate surface area is 311 Å². The summed E-state index contributed by atoms with van der Waals surface area (Å²) >= 11 is 0. The van der Waals surface area contributed by atoms with E-state index in [-0.39, 0.29) is 36.9 Å². The minimum atomic E-state index is -4.82. The molecular formula is C44H36O8P2. The smallest absolute Gasteiger partial charge is 0.303 e. The third kappa shape index (κ3) is 3.91. The van der Waals surface area contributed by atoms with Crippen molar-refractivity contribution in [2.75, 3.05) is 0 Å². The number of hydrogen-bond acceptors (Lipinski definition) is 4. The van der Waals surface area contributed by atoms with Gasteiger partial charge in [0.25, 0.3) is 0 Å². The molecule has 54 heavy (non-hydrogen) atoms. The molecule has 5 aromatic carbocycles. The van der Waals surface area contributed by atoms with Crippen LogP contribution < -0.4 is 0 Å². The van der Waals surface area contributed by atoms with E-state index in [1.807, 2.05) is 0 Å². The van der Waals surface area contributed by atoms with Crippen LogP contribution in [0.25, 0.3) is 0 Å². The summed E-state index contributed by atoms with van der Waals surface area (Å²) in [5.74, 6) is 1.41. The number of phosphoric acid groups is 2. The van der Waals surface area contributed by atoms with Crippen LogP contribution in [0.1, 0.15) is 173 Å². The van der Waals surface area contributed by atoms with E-state index in [1.165, 1.54) is 66.8 Å². The molecule has 0 heterocycles. The molecule has 5 aromatic rings. The van der Waals surface area contributed by atoms with Crippen molar-refractivity contribution in [3.05, 3.63) is 173 Å². The predicted molar refractivity (Wildman–Crippen MR) is 199 cm³/mol. The lowest BCUT2D eigenvalue weighted by Crippen LogP contribution is -2.19. The highest BCUT2D eigenvalue weighted by Crippen LogP contribution is 2.69. The zero-order valence-electron chi connectivity index (χ0n) is 29.1. The molecule has 0 spiro atoms. The molecule has 0 radical (unpaired) electrons. The molecule has 0 amide bonds. The first-order valence-corrected chi connectivity index (χ1v) is 22.2. The van der Waals surface area contributed by atoms with E-state index in [0.717, 1.165) is 59.1 Å². The molecule has 0 aromatic heterocycles. The van der Waals surface area contributed by atoms with Gasteiger partial charge in [0.1, 0.15) is 0 Å². The first kappa shape index (κ1) is 31.5. The quantitative estimate of drug-likeness (QED) is 0.127. The summed E-state index contributed by atoms with van der Waals surface area (Å²) in [4.78, 5) is 40.2. The zero-order valence-corrected chi connectivity index (χ0v) is 30.9. The van der Waals surface area contributed by atoms with Crippen LogP contribution in [0, 0.1) is 0 Å². The third-order valence-corrected chi connectivity index (χ3v) is 15.9. The van der Waals surface area contributed by atoms with Crippen LogP contribution in [-0.4, -0.2) is 19.6 Å². The highest BCUT2D eigenvalue weighted by atomic mass is 31.2. The van der Waals surface area contributed by atoms with Gasteiger partial charge in [-0.1, -0.05) is 72.8 Å². The monoisotopic (exact) mass is 754 g/mol. The molecule has 8 nitrogen and oxygen atoms in total. The van der Waals surface area contributed by atoms with Crippen molar-refractivity contribution in [1.29, 1.82) is 0 Å². The molecule has 13 rings (SSSR count). The molecule has 8 bridgehead atoms. The Morgan fingerprint density at radius 2 is 0.648 bits per heavy atom. The maximum absolute atomic E-state index is 12.4. The number of phosphoric ester groups is 2. The van der Waals surface area contributed by atoms with Gasteiger partial charge in [0.05, 0.1) is 13.2 Å². The van der Waals surface area contributed by atoms with Gasteiger partial charge in [-0.2, -0.15) is 0 Å². The van der Waals surface area contributed by atoms with Crippen LogP contribution in [0.2, 0.25) is 0 Å². The molecule has 10 heteroatoms. The van der Waals surface area contributed by atoms with E-state index in [1.54, 1.807) is 0 Å². The van der Waals surface area contributed by atoms with Crippen LogP contribution in [0.3, 0.4) is 0 Å². The minimum absolute atomic E-state index is 0.0139. The van der Waals surface area contributed by atoms with Crippen molar-refractivity contribution >= 4 is 15.6 Å². The van der Waals surface area contributed by atoms with Crippen LogP contribution in [-0.2, 0) is 31.4 Å². The van der Waals surface area contributed by atoms with E-state index in [4.69, 9.17) is 9.05 Å². The van der Waals surface area contributed by atoms with Crippen LogP contribution in [0.5, 0.6) is 0 Å². The number of benzene rings is 5. The Hall–Kier alpha value is -3.68. The fraction of sp³-hybridized carbons (Fsp3) is 0.318. The average molecular weight is 755 g/mol. The van der Waals surface area contributed by atoms with Gasteiger partial charge in [0.15, 0.2) is 0 Å². The van der Waals surface area contributed by atoms with Crippen molar-refractivity contribution in [1.82, 2.24) is 0 Å². The lowest BCUT2D eigenvalue weighted by molar-refractivity contribution is 0.184. The Bertz CT molecular complexity index is 2370. The molecular weight excluding hydrogens is 718 g/mol. The SMILES string of the molecule is O=P(O)(O)OCc1c2c(c(COP(=O)(O)O)c3c1C1CC3c3cc4c(cc31)C1CC4c3ccccc31)C1CC2c2cc3c(cc21)C1CC3c2ccccc21. The zero-order chi connectivity index (χ0) is 36.2. The number of hydrogen-bond donors (Lipinski definition) is 4. The van der Waals surface area contributed by atoms with Gasteiger partial charge >= 0.3 is 15.6 Å². The summed E-state index contributed by atoms with van der Waals surface area (Å²) in [6, 6.07) is 27.2. The Morgan fingerprint density at radius 3 is 0.907 bits per heavy atom. The summed E-state index contributed by atoms with van der Waals surface area (Å²) < 4.78 is 35.6. The molecule has 0 saturated carbocycles. The van der Waals surface area contributed by atoms with Gasteiger partial charge < -0.3 is 19.6 Å². The molecule has 0 fully saturated rings. The largest absolute Gasteiger partial charge is 0.469 e. The van der Waals surface area contributed by atoms with Gasteiger partial charge in [-0.3, -0.25) is 9.05 Å². The fourth-order valence-electron chi connectivity index (χ4n) is 13.4. The second-order valence-corrected chi connectivity index (χ2v) is 19.5. The Morgan fingerprint density at radius 1 is 0.407 bits per heavy atom. The second-order valence-electron chi connectivity index (χ2n) is 17.0. The molecule has 4 N–H and O–H groups in total. The Kier molecular flexibility index (Phi) is 5.95. The number of rotatable bonds is 6. The van der Waals surface area contributed by atoms with Gasteiger partial charge in [0.2, 0.25) is 0 Å². The van der Waals surface area contributed by atoms with Crippen LogP contribution in [0.15, 0.2) is 72.8 Å². The Balaban J connectivity index is 1.01.